The second kappa shape index (κ2) is 61.6. The molecule has 0 amide bonds. The second-order valence-electron chi connectivity index (χ2n) is 24.5. The van der Waals surface area contributed by atoms with Crippen molar-refractivity contribution in [3.05, 3.63) is 0 Å². The molecule has 0 heterocycles. The van der Waals surface area contributed by atoms with Gasteiger partial charge < -0.3 is 60.5 Å². The topological polar surface area (TPSA) is 221 Å². The Morgan fingerprint density at radius 1 is 0.250 bits per heavy atom. The van der Waals surface area contributed by atoms with Crippen LogP contribution in [0.15, 0.2) is 0 Å². The van der Waals surface area contributed by atoms with Crippen molar-refractivity contribution in [2.24, 2.45) is 0 Å². The van der Waals surface area contributed by atoms with Crippen LogP contribution in [0.1, 0.15) is 349 Å². The minimum Gasteiger partial charge on any atom is -0.394 e. The van der Waals surface area contributed by atoms with Crippen LogP contribution < -0.4 is 0 Å². The Morgan fingerprint density at radius 2 is 0.425 bits per heavy atom. The summed E-state index contributed by atoms with van der Waals surface area (Å²) in [5.74, 6) is 0. The largest absolute Gasteiger partial charge is 0.394 e. The minimum absolute atomic E-state index is 0.215. The van der Waals surface area contributed by atoms with Gasteiger partial charge in [0, 0.05) is 13.2 Å². The monoisotopic (exact) mass is 1150 g/mol. The van der Waals surface area contributed by atoms with Crippen molar-refractivity contribution in [3.8, 4) is 0 Å². The van der Waals surface area contributed by atoms with Crippen molar-refractivity contribution >= 4 is 0 Å². The lowest BCUT2D eigenvalue weighted by Crippen LogP contribution is -2.59. The number of ether oxygens (including phenoxy) is 2. The van der Waals surface area contributed by atoms with E-state index in [0.29, 0.717) is 26.1 Å². The first-order chi connectivity index (χ1) is 38.9. The first-order valence-electron chi connectivity index (χ1n) is 34.8. The predicted molar refractivity (Wildman–Crippen MR) is 335 cm³/mol. The number of hydrogen-bond acceptors (Lipinski definition) is 12. The Kier molecular flexibility index (Phi) is 62.8. The molecule has 0 aliphatic carbocycles. The van der Waals surface area contributed by atoms with E-state index in [1.54, 1.807) is 0 Å². The normalized spacial score (nSPS) is 15.7. The maximum absolute atomic E-state index is 11.4. The molecule has 0 aliphatic heterocycles. The lowest BCUT2D eigenvalue weighted by molar-refractivity contribution is -0.212. The predicted octanol–water partition coefficient (Wildman–Crippen LogP) is 15.2. The summed E-state index contributed by atoms with van der Waals surface area (Å²) in [6.45, 7) is 7.30. The highest BCUT2D eigenvalue weighted by molar-refractivity contribution is 4.98. The van der Waals surface area contributed by atoms with Gasteiger partial charge in [0.05, 0.1) is 26.4 Å². The van der Waals surface area contributed by atoms with Gasteiger partial charge in [-0.2, -0.15) is 0 Å². The van der Waals surface area contributed by atoms with E-state index in [1.165, 1.54) is 218 Å². The lowest BCUT2D eigenvalue weighted by atomic mass is 9.82. The van der Waals surface area contributed by atoms with Crippen LogP contribution >= 0.6 is 0 Å². The number of aliphatic hydroxyl groups is 10. The zero-order chi connectivity index (χ0) is 59.5. The number of unbranched alkanes of at least 4 members (excludes halogenated alkanes) is 44. The molecule has 0 aliphatic rings. The van der Waals surface area contributed by atoms with Crippen molar-refractivity contribution in [2.75, 3.05) is 39.6 Å². The Labute approximate surface area is 494 Å². The zero-order valence-corrected chi connectivity index (χ0v) is 53.4. The molecule has 0 aromatic carbocycles. The third kappa shape index (κ3) is 45.8. The zero-order valence-electron chi connectivity index (χ0n) is 53.4. The van der Waals surface area contributed by atoms with Crippen molar-refractivity contribution in [3.63, 3.8) is 0 Å². The molecule has 10 N–H and O–H groups in total. The summed E-state index contributed by atoms with van der Waals surface area (Å²) in [4.78, 5) is 0. The average Bonchev–Trinajstić information content (AvgIpc) is 3.47. The van der Waals surface area contributed by atoms with Crippen molar-refractivity contribution in [1.29, 1.82) is 0 Å². The summed E-state index contributed by atoms with van der Waals surface area (Å²) in [6.07, 6.45) is 50.8. The molecule has 0 saturated carbocycles. The molecule has 0 spiro atoms. The summed E-state index contributed by atoms with van der Waals surface area (Å²) >= 11 is 0. The molecular weight excluding hydrogens is 1010 g/mol. The van der Waals surface area contributed by atoms with Gasteiger partial charge in [-0.25, -0.2) is 0 Å². The molecule has 0 aromatic rings. The minimum atomic E-state index is -1.80. The molecule has 0 aromatic heterocycles. The van der Waals surface area contributed by atoms with E-state index in [9.17, 15) is 51.1 Å². The van der Waals surface area contributed by atoms with Gasteiger partial charge in [-0.1, -0.05) is 323 Å². The molecule has 0 radical (unpaired) electrons. The van der Waals surface area contributed by atoms with Crippen molar-refractivity contribution in [1.82, 2.24) is 0 Å². The van der Waals surface area contributed by atoms with E-state index in [0.717, 1.165) is 77.0 Å². The summed E-state index contributed by atoms with van der Waals surface area (Å²) in [5.41, 5.74) is -3.60. The first-order valence-corrected chi connectivity index (χ1v) is 34.8. The Hall–Kier alpha value is -0.480. The maximum Gasteiger partial charge on any atom is 0.121 e. The first kappa shape index (κ1) is 81.6. The molecule has 12 nitrogen and oxygen atoms in total. The summed E-state index contributed by atoms with van der Waals surface area (Å²) in [6, 6.07) is 0. The van der Waals surface area contributed by atoms with E-state index in [1.807, 2.05) is 0 Å². The highest BCUT2D eigenvalue weighted by Crippen LogP contribution is 2.31. The van der Waals surface area contributed by atoms with Gasteiger partial charge in [0.2, 0.25) is 0 Å². The van der Waals surface area contributed by atoms with Gasteiger partial charge in [-0.05, 0) is 25.7 Å². The highest BCUT2D eigenvalue weighted by Gasteiger charge is 2.48. The van der Waals surface area contributed by atoms with Gasteiger partial charge >= 0.3 is 0 Å². The van der Waals surface area contributed by atoms with E-state index in [-0.39, 0.29) is 12.8 Å². The SMILES string of the molecule is CCCCCCCCCCCCCCO[C@H]([C@H](O)CO)[C@@](O)(CCCCCCCCCCCCCC)[C@H](O)CO.CCCCCCCCCCCCCCO[C@H]([C@H](O)CO)[C@@](O)(CCCCCCCCCCCCCC)[C@H](O)CO. The van der Waals surface area contributed by atoms with Gasteiger partial charge in [0.1, 0.15) is 47.8 Å². The standard InChI is InChI=1S/2C34H70O6/c2*1-3-5-7-9-11-13-15-17-19-21-23-25-27-34(39,32(38)30-36)33(31(37)29-35)40-28-26-24-22-20-18-16-14-12-10-8-6-4-2/h2*31-33,35-39H,3-30H2,1-2H3/t2*31-,32-,33-,34-/m11/s1. The molecule has 484 valence electrons. The van der Waals surface area contributed by atoms with Crippen LogP contribution in [0.2, 0.25) is 0 Å². The average molecular weight is 1150 g/mol. The van der Waals surface area contributed by atoms with Crippen LogP contribution in [0.3, 0.4) is 0 Å². The van der Waals surface area contributed by atoms with Gasteiger partial charge in [-0.15, -0.1) is 0 Å². The molecule has 8 atom stereocenters. The number of rotatable bonds is 64. The molecule has 0 rings (SSSR count). The molecular formula is C68H140O12. The Morgan fingerprint density at radius 3 is 0.600 bits per heavy atom. The maximum atomic E-state index is 11.4. The molecule has 0 fully saturated rings. The molecule has 12 heteroatoms. The Bertz CT molecular complexity index is 1100. The lowest BCUT2D eigenvalue weighted by Gasteiger charge is -2.41. The van der Waals surface area contributed by atoms with E-state index < -0.39 is 74.3 Å². The van der Waals surface area contributed by atoms with Crippen molar-refractivity contribution in [2.45, 2.75) is 397 Å². The second-order valence-corrected chi connectivity index (χ2v) is 24.5. The third-order valence-electron chi connectivity index (χ3n) is 17.0. The molecule has 0 unspecified atom stereocenters. The smallest absolute Gasteiger partial charge is 0.121 e. The van der Waals surface area contributed by atoms with Gasteiger partial charge in [-0.3, -0.25) is 0 Å². The van der Waals surface area contributed by atoms with Gasteiger partial charge in [0.25, 0.3) is 0 Å². The van der Waals surface area contributed by atoms with Gasteiger partial charge in [0.15, 0.2) is 0 Å². The fourth-order valence-corrected chi connectivity index (χ4v) is 11.5. The van der Waals surface area contributed by atoms with Crippen LogP contribution in [-0.2, 0) is 9.47 Å². The Balaban J connectivity index is 0. The third-order valence-corrected chi connectivity index (χ3v) is 17.0. The van der Waals surface area contributed by atoms with E-state index in [2.05, 4.69) is 27.7 Å². The molecule has 0 bridgehead atoms. The fourth-order valence-electron chi connectivity index (χ4n) is 11.5. The summed E-state index contributed by atoms with van der Waals surface area (Å²) < 4.78 is 11.8. The van der Waals surface area contributed by atoms with Crippen LogP contribution in [0.25, 0.3) is 0 Å². The van der Waals surface area contributed by atoms with E-state index in [4.69, 9.17) is 9.47 Å². The molecule has 80 heavy (non-hydrogen) atoms. The van der Waals surface area contributed by atoms with E-state index >= 15 is 0 Å². The van der Waals surface area contributed by atoms with Crippen LogP contribution in [-0.4, -0.2) is 139 Å². The van der Waals surface area contributed by atoms with Crippen LogP contribution in [0.4, 0.5) is 0 Å². The van der Waals surface area contributed by atoms with Crippen LogP contribution in [0.5, 0.6) is 0 Å². The van der Waals surface area contributed by atoms with Crippen molar-refractivity contribution < 1.29 is 60.5 Å². The molecule has 0 saturated heterocycles. The quantitative estimate of drug-likeness (QED) is 0.0257. The fraction of sp³-hybridized carbons (Fsp3) is 1.00. The van der Waals surface area contributed by atoms with Crippen LogP contribution in [0, 0.1) is 0 Å². The summed E-state index contributed by atoms with van der Waals surface area (Å²) in [7, 11) is 0. The highest BCUT2D eigenvalue weighted by atomic mass is 16.5. The number of hydrogen-bond donors (Lipinski definition) is 10. The summed E-state index contributed by atoms with van der Waals surface area (Å²) in [5, 5.41) is 103. The number of aliphatic hydroxyl groups excluding tert-OH is 8.